The summed E-state index contributed by atoms with van der Waals surface area (Å²) in [6.07, 6.45) is -10.2. The van der Waals surface area contributed by atoms with E-state index in [2.05, 4.69) is 9.47 Å². The molecule has 1 atom stereocenters. The van der Waals surface area contributed by atoms with Crippen LogP contribution >= 0.6 is 0 Å². The molecule has 0 fully saturated rings. The number of carbonyl (C=O) groups excluding carboxylic acids is 1. The summed E-state index contributed by atoms with van der Waals surface area (Å²) >= 11 is 0. The van der Waals surface area contributed by atoms with Gasteiger partial charge in [-0.25, -0.2) is 4.79 Å². The molecule has 0 amide bonds. The number of rotatable bonds is 9. The van der Waals surface area contributed by atoms with Gasteiger partial charge < -0.3 is 14.2 Å². The normalized spacial score (nSPS) is 19.1. The zero-order chi connectivity index (χ0) is 24.6. The number of halogens is 11. The lowest BCUT2D eigenvalue weighted by Crippen LogP contribution is -2.66. The van der Waals surface area contributed by atoms with E-state index in [9.17, 15) is 53.1 Å². The number of allylic oxidation sites excluding steroid dienone is 1. The predicted molar refractivity (Wildman–Crippen MR) is 79.8 cm³/mol. The molecule has 0 saturated heterocycles. The van der Waals surface area contributed by atoms with Crippen LogP contribution in [0.5, 0.6) is 0 Å². The third kappa shape index (κ3) is 4.70. The minimum absolute atomic E-state index is 0.252. The molecule has 0 N–H and O–H groups in total. The first-order valence-electron chi connectivity index (χ1n) is 8.52. The Labute approximate surface area is 168 Å². The summed E-state index contributed by atoms with van der Waals surface area (Å²) in [5, 5.41) is 0. The highest BCUT2D eigenvalue weighted by atomic mass is 19.4. The lowest BCUT2D eigenvalue weighted by atomic mass is 9.95. The van der Waals surface area contributed by atoms with E-state index in [1.165, 1.54) is 0 Å². The molecule has 1 rings (SSSR count). The SMILES string of the molecule is CCOC(=O)C1=C(C(F)(F)C(F)(F)C(F)(F)C(F)(F)C(F)(F)F)OC(OCC(C)C)C1. The van der Waals surface area contributed by atoms with Crippen LogP contribution in [0.2, 0.25) is 0 Å². The van der Waals surface area contributed by atoms with Crippen molar-refractivity contribution >= 4 is 5.97 Å². The standard InChI is InChI=1S/C16H17F11O4/c1-4-29-11(28)8-5-9(30-6-7(2)3)31-10(8)12(17,18)13(19,20)14(21,22)15(23,24)16(25,26)27/h7,9H,4-6H2,1-3H3. The van der Waals surface area contributed by atoms with Gasteiger partial charge in [-0.2, -0.15) is 48.3 Å². The van der Waals surface area contributed by atoms with Crippen molar-refractivity contribution in [1.82, 2.24) is 0 Å². The molecule has 1 heterocycles. The molecule has 0 aromatic rings. The van der Waals surface area contributed by atoms with Crippen molar-refractivity contribution in [2.24, 2.45) is 5.92 Å². The first-order chi connectivity index (χ1) is 13.8. The van der Waals surface area contributed by atoms with Gasteiger partial charge in [-0.15, -0.1) is 0 Å². The molecule has 0 spiro atoms. The Hall–Kier alpha value is -1.80. The van der Waals surface area contributed by atoms with E-state index >= 15 is 0 Å². The third-order valence-corrected chi connectivity index (χ3v) is 3.86. The third-order valence-electron chi connectivity index (χ3n) is 3.86. The van der Waals surface area contributed by atoms with Crippen molar-refractivity contribution < 1.29 is 67.3 Å². The molecule has 182 valence electrons. The summed E-state index contributed by atoms with van der Waals surface area (Å²) in [7, 11) is 0. The fourth-order valence-electron chi connectivity index (χ4n) is 2.27. The van der Waals surface area contributed by atoms with Crippen molar-refractivity contribution in [1.29, 1.82) is 0 Å². The Kier molecular flexibility index (Phi) is 7.57. The van der Waals surface area contributed by atoms with E-state index < -0.39 is 66.5 Å². The lowest BCUT2D eigenvalue weighted by molar-refractivity contribution is -0.420. The average molecular weight is 482 g/mol. The lowest BCUT2D eigenvalue weighted by Gasteiger charge is -2.37. The summed E-state index contributed by atoms with van der Waals surface area (Å²) < 4.78 is 160. The van der Waals surface area contributed by atoms with Crippen molar-refractivity contribution in [2.75, 3.05) is 13.2 Å². The van der Waals surface area contributed by atoms with Gasteiger partial charge in [-0.1, -0.05) is 13.8 Å². The maximum Gasteiger partial charge on any atom is 0.460 e. The minimum atomic E-state index is -7.63. The molecule has 31 heavy (non-hydrogen) atoms. The summed E-state index contributed by atoms with van der Waals surface area (Å²) in [4.78, 5) is 11.8. The van der Waals surface area contributed by atoms with Gasteiger partial charge in [0.05, 0.1) is 18.8 Å². The van der Waals surface area contributed by atoms with Crippen molar-refractivity contribution in [3.63, 3.8) is 0 Å². The summed E-state index contributed by atoms with van der Waals surface area (Å²) in [5.74, 6) is -33.6. The average Bonchev–Trinajstić information content (AvgIpc) is 3.03. The van der Waals surface area contributed by atoms with Gasteiger partial charge in [-0.05, 0) is 12.8 Å². The molecule has 1 aliphatic heterocycles. The predicted octanol–water partition coefficient (Wildman–Crippen LogP) is 5.33. The second-order valence-corrected chi connectivity index (χ2v) is 6.80. The van der Waals surface area contributed by atoms with Crippen molar-refractivity contribution in [3.05, 3.63) is 11.3 Å². The molecule has 1 unspecified atom stereocenters. The molecule has 1 aliphatic rings. The monoisotopic (exact) mass is 482 g/mol. The number of ether oxygens (including phenoxy) is 3. The van der Waals surface area contributed by atoms with Crippen LogP contribution in [0.25, 0.3) is 0 Å². The molecule has 0 bridgehead atoms. The second kappa shape index (κ2) is 8.62. The number of esters is 1. The number of hydrogen-bond acceptors (Lipinski definition) is 4. The van der Waals surface area contributed by atoms with Gasteiger partial charge in [0.25, 0.3) is 0 Å². The first-order valence-corrected chi connectivity index (χ1v) is 8.52. The molecule has 0 aromatic heterocycles. The topological polar surface area (TPSA) is 44.8 Å². The Morgan fingerprint density at radius 3 is 1.90 bits per heavy atom. The highest BCUT2D eigenvalue weighted by Gasteiger charge is 2.88. The minimum Gasteiger partial charge on any atom is -0.463 e. The Bertz CT molecular complexity index is 698. The van der Waals surface area contributed by atoms with E-state index in [0.717, 1.165) is 6.92 Å². The van der Waals surface area contributed by atoms with Crippen LogP contribution in [0.1, 0.15) is 27.2 Å². The zero-order valence-electron chi connectivity index (χ0n) is 16.1. The number of alkyl halides is 11. The zero-order valence-corrected chi connectivity index (χ0v) is 16.1. The van der Waals surface area contributed by atoms with Crippen LogP contribution in [0.4, 0.5) is 48.3 Å². The van der Waals surface area contributed by atoms with Gasteiger partial charge in [0.1, 0.15) is 0 Å². The van der Waals surface area contributed by atoms with E-state index in [0.29, 0.717) is 0 Å². The van der Waals surface area contributed by atoms with Gasteiger partial charge >= 0.3 is 35.8 Å². The Morgan fingerprint density at radius 2 is 1.48 bits per heavy atom. The van der Waals surface area contributed by atoms with Crippen molar-refractivity contribution in [2.45, 2.75) is 63.3 Å². The summed E-state index contributed by atoms with van der Waals surface area (Å²) in [6, 6.07) is 0. The van der Waals surface area contributed by atoms with E-state index in [4.69, 9.17) is 4.74 Å². The maximum atomic E-state index is 14.4. The molecule has 0 aliphatic carbocycles. The molecule has 0 saturated carbocycles. The van der Waals surface area contributed by atoms with Gasteiger partial charge in [-0.3, -0.25) is 0 Å². The fourth-order valence-corrected chi connectivity index (χ4v) is 2.27. The molecular formula is C16H17F11O4. The second-order valence-electron chi connectivity index (χ2n) is 6.80. The van der Waals surface area contributed by atoms with E-state index in [-0.39, 0.29) is 12.5 Å². The summed E-state index contributed by atoms with van der Waals surface area (Å²) in [6.45, 7) is 3.51. The van der Waals surface area contributed by atoms with Gasteiger partial charge in [0.2, 0.25) is 6.29 Å². The molecule has 15 heteroatoms. The van der Waals surface area contributed by atoms with Gasteiger partial charge in [0, 0.05) is 6.42 Å². The van der Waals surface area contributed by atoms with Crippen LogP contribution in [-0.4, -0.2) is 55.3 Å². The van der Waals surface area contributed by atoms with Crippen LogP contribution in [0.3, 0.4) is 0 Å². The van der Waals surface area contributed by atoms with E-state index in [1.54, 1.807) is 13.8 Å². The van der Waals surface area contributed by atoms with Crippen LogP contribution in [-0.2, 0) is 19.0 Å². The van der Waals surface area contributed by atoms with Crippen molar-refractivity contribution in [3.8, 4) is 0 Å². The Balaban J connectivity index is 3.49. The Morgan fingerprint density at radius 1 is 0.968 bits per heavy atom. The first kappa shape index (κ1) is 27.2. The smallest absolute Gasteiger partial charge is 0.460 e. The van der Waals surface area contributed by atoms with Crippen LogP contribution in [0, 0.1) is 5.92 Å². The quantitative estimate of drug-likeness (QED) is 0.330. The largest absolute Gasteiger partial charge is 0.463 e. The number of hydrogen-bond donors (Lipinski definition) is 0. The number of carbonyl (C=O) groups is 1. The van der Waals surface area contributed by atoms with Crippen LogP contribution < -0.4 is 0 Å². The fraction of sp³-hybridized carbons (Fsp3) is 0.812. The molecule has 4 nitrogen and oxygen atoms in total. The van der Waals surface area contributed by atoms with Crippen LogP contribution in [0.15, 0.2) is 11.3 Å². The van der Waals surface area contributed by atoms with E-state index in [1.807, 2.05) is 0 Å². The molecule has 0 radical (unpaired) electrons. The maximum absolute atomic E-state index is 14.4. The highest BCUT2D eigenvalue weighted by Crippen LogP contribution is 2.59. The summed E-state index contributed by atoms with van der Waals surface area (Å²) in [5.41, 5.74) is -1.47. The highest BCUT2D eigenvalue weighted by molar-refractivity contribution is 5.90. The molecule has 0 aromatic carbocycles. The van der Waals surface area contributed by atoms with Gasteiger partial charge in [0.15, 0.2) is 5.76 Å². The molecular weight excluding hydrogens is 465 g/mol.